The Balaban J connectivity index is 0.00000380. The number of carbonyl (C=O) groups is 2. The van der Waals surface area contributed by atoms with Gasteiger partial charge in [-0.25, -0.2) is 4.98 Å². The second-order valence-electron chi connectivity index (χ2n) is 9.92. The normalized spacial score (nSPS) is 20.2. The molecule has 2 fully saturated rings. The van der Waals surface area contributed by atoms with E-state index in [1.807, 2.05) is 38.6 Å². The number of aromatic nitrogens is 2. The van der Waals surface area contributed by atoms with Crippen LogP contribution in [0.4, 0.5) is 0 Å². The van der Waals surface area contributed by atoms with Gasteiger partial charge in [0.25, 0.3) is 5.91 Å². The van der Waals surface area contributed by atoms with Crippen LogP contribution in [-0.2, 0) is 25.6 Å². The summed E-state index contributed by atoms with van der Waals surface area (Å²) in [6, 6.07) is 5.61. The van der Waals surface area contributed by atoms with Crippen LogP contribution in [0.5, 0.6) is 0 Å². The van der Waals surface area contributed by atoms with Gasteiger partial charge >= 0.3 is 0 Å². The molecule has 0 aromatic carbocycles. The van der Waals surface area contributed by atoms with Crippen LogP contribution in [0.2, 0.25) is 0 Å². The van der Waals surface area contributed by atoms with Crippen molar-refractivity contribution in [2.75, 3.05) is 66.3 Å². The van der Waals surface area contributed by atoms with Crippen LogP contribution < -0.4 is 5.32 Å². The first-order valence-corrected chi connectivity index (χ1v) is 12.9. The fourth-order valence-corrected chi connectivity index (χ4v) is 4.98. The van der Waals surface area contributed by atoms with Crippen LogP contribution >= 0.6 is 0 Å². The van der Waals surface area contributed by atoms with E-state index >= 15 is 0 Å². The summed E-state index contributed by atoms with van der Waals surface area (Å²) in [5.74, 6) is 0.126. The van der Waals surface area contributed by atoms with Gasteiger partial charge in [0.05, 0.1) is 44.6 Å². The monoisotopic (exact) mass is 517 g/mol. The highest BCUT2D eigenvalue weighted by molar-refractivity contribution is 5.94. The minimum atomic E-state index is -0.165. The first kappa shape index (κ1) is 29.0. The third kappa shape index (κ3) is 7.07. The molecule has 10 heteroatoms. The Hall–Kier alpha value is -2.53. The van der Waals surface area contributed by atoms with E-state index in [2.05, 4.69) is 19.2 Å². The summed E-state index contributed by atoms with van der Waals surface area (Å²) in [4.78, 5) is 35.8. The van der Waals surface area contributed by atoms with Crippen molar-refractivity contribution in [2.45, 2.75) is 40.3 Å². The first-order valence-electron chi connectivity index (χ1n) is 12.9. The van der Waals surface area contributed by atoms with Crippen molar-refractivity contribution >= 4 is 17.5 Å². The first-order chi connectivity index (χ1) is 17.5. The molecule has 2 saturated heterocycles. The topological polar surface area (TPSA) is 97.6 Å². The second kappa shape index (κ2) is 13.9. The molecule has 10 nitrogen and oxygen atoms in total. The van der Waals surface area contributed by atoms with Crippen LogP contribution in [0.3, 0.4) is 0 Å². The standard InChI is InChI=1S/C26H39N5O5.CH4/c1-19(2)17-31(21-14-20(15-27-16-21)25(32)29-8-10-35-11-9-29)26(33)24-22(18-36-13-12-34-3)30-7-5-4-6-23(30)28-24;/h4-7,19-21,27H,8-18H2,1-3H3;1H4/t20-,21+;/m1./s1. The molecule has 2 amide bonds. The van der Waals surface area contributed by atoms with Gasteiger partial charge in [-0.3, -0.25) is 9.59 Å². The number of nitrogens with zero attached hydrogens (tertiary/aromatic N) is 4. The van der Waals surface area contributed by atoms with E-state index in [1.165, 1.54) is 0 Å². The summed E-state index contributed by atoms with van der Waals surface area (Å²) in [7, 11) is 1.63. The summed E-state index contributed by atoms with van der Waals surface area (Å²) in [6.45, 7) is 9.65. The maximum absolute atomic E-state index is 14.1. The average Bonchev–Trinajstić information content (AvgIpc) is 3.28. The number of carbonyl (C=O) groups excluding carboxylic acids is 2. The third-order valence-electron chi connectivity index (χ3n) is 6.76. The van der Waals surface area contributed by atoms with Crippen molar-refractivity contribution in [1.82, 2.24) is 24.5 Å². The minimum Gasteiger partial charge on any atom is -0.382 e. The average molecular weight is 518 g/mol. The van der Waals surface area contributed by atoms with Crippen molar-refractivity contribution in [3.63, 3.8) is 0 Å². The van der Waals surface area contributed by atoms with Gasteiger partial charge in [0.2, 0.25) is 5.91 Å². The van der Waals surface area contributed by atoms with Gasteiger partial charge in [0.15, 0.2) is 5.69 Å². The quantitative estimate of drug-likeness (QED) is 0.482. The predicted molar refractivity (Wildman–Crippen MR) is 141 cm³/mol. The predicted octanol–water partition coefficient (Wildman–Crippen LogP) is 2.07. The second-order valence-corrected chi connectivity index (χ2v) is 9.92. The number of hydrogen-bond donors (Lipinski definition) is 1. The van der Waals surface area contributed by atoms with Crippen LogP contribution in [0.1, 0.15) is 43.9 Å². The van der Waals surface area contributed by atoms with Gasteiger partial charge in [-0.2, -0.15) is 0 Å². The molecular weight excluding hydrogens is 474 g/mol. The van der Waals surface area contributed by atoms with E-state index in [4.69, 9.17) is 19.2 Å². The van der Waals surface area contributed by atoms with Crippen LogP contribution in [0, 0.1) is 11.8 Å². The number of methoxy groups -OCH3 is 1. The highest BCUT2D eigenvalue weighted by Crippen LogP contribution is 2.24. The number of hydrogen-bond acceptors (Lipinski definition) is 7. The molecule has 0 radical (unpaired) electrons. The molecule has 0 unspecified atom stereocenters. The number of fused-ring (bicyclic) bond motifs is 1. The molecule has 2 aliphatic rings. The molecule has 0 bridgehead atoms. The molecule has 2 aromatic rings. The molecule has 0 spiro atoms. The van der Waals surface area contributed by atoms with E-state index in [0.29, 0.717) is 76.9 Å². The minimum absolute atomic E-state index is 0. The van der Waals surface area contributed by atoms with Crippen molar-refractivity contribution in [1.29, 1.82) is 0 Å². The summed E-state index contributed by atoms with van der Waals surface area (Å²) >= 11 is 0. The van der Waals surface area contributed by atoms with E-state index in [9.17, 15) is 9.59 Å². The zero-order valence-corrected chi connectivity index (χ0v) is 21.6. The van der Waals surface area contributed by atoms with Crippen molar-refractivity contribution in [3.8, 4) is 0 Å². The van der Waals surface area contributed by atoms with Crippen LogP contribution in [-0.4, -0.2) is 103 Å². The van der Waals surface area contributed by atoms with Crippen molar-refractivity contribution in [2.24, 2.45) is 11.8 Å². The Morgan fingerprint density at radius 2 is 2.00 bits per heavy atom. The zero-order chi connectivity index (χ0) is 25.5. The lowest BCUT2D eigenvalue weighted by atomic mass is 9.92. The van der Waals surface area contributed by atoms with E-state index < -0.39 is 0 Å². The lowest BCUT2D eigenvalue weighted by molar-refractivity contribution is -0.140. The molecule has 2 aliphatic heterocycles. The summed E-state index contributed by atoms with van der Waals surface area (Å²) < 4.78 is 18.2. The Morgan fingerprint density at radius 1 is 1.22 bits per heavy atom. The number of amides is 2. The molecule has 37 heavy (non-hydrogen) atoms. The van der Waals surface area contributed by atoms with Crippen LogP contribution in [0.15, 0.2) is 24.4 Å². The SMILES string of the molecule is C.COCCOCc1c(C(=O)N(CC(C)C)[C@@H]2CNC[C@H](C(=O)N3CCOCC3)C2)nc2ccccn12. The van der Waals surface area contributed by atoms with Gasteiger partial charge in [-0.15, -0.1) is 0 Å². The molecular formula is C27H43N5O5. The molecule has 206 valence electrons. The number of morpholine rings is 1. The molecule has 2 aromatic heterocycles. The van der Waals surface area contributed by atoms with Gasteiger partial charge in [-0.05, 0) is 24.5 Å². The third-order valence-corrected chi connectivity index (χ3v) is 6.76. The van der Waals surface area contributed by atoms with E-state index in [-0.39, 0.29) is 43.7 Å². The lowest BCUT2D eigenvalue weighted by Crippen LogP contribution is -2.56. The maximum Gasteiger partial charge on any atom is 0.274 e. The molecule has 0 aliphatic carbocycles. The number of rotatable bonds is 10. The van der Waals surface area contributed by atoms with Crippen molar-refractivity contribution in [3.05, 3.63) is 35.8 Å². The number of imidazole rings is 1. The number of nitrogens with one attached hydrogen (secondary N) is 1. The summed E-state index contributed by atoms with van der Waals surface area (Å²) in [5.41, 5.74) is 1.84. The number of ether oxygens (including phenoxy) is 3. The van der Waals surface area contributed by atoms with Crippen LogP contribution in [0.25, 0.3) is 5.65 Å². The summed E-state index contributed by atoms with van der Waals surface area (Å²) in [5, 5.41) is 3.42. The Labute approximate surface area is 220 Å². The lowest BCUT2D eigenvalue weighted by Gasteiger charge is -2.40. The molecule has 1 N–H and O–H groups in total. The fraction of sp³-hybridized carbons (Fsp3) is 0.667. The Morgan fingerprint density at radius 3 is 2.73 bits per heavy atom. The fourth-order valence-electron chi connectivity index (χ4n) is 4.98. The largest absolute Gasteiger partial charge is 0.382 e. The highest BCUT2D eigenvalue weighted by atomic mass is 16.5. The Kier molecular flexibility index (Phi) is 10.9. The van der Waals surface area contributed by atoms with Gasteiger partial charge in [0.1, 0.15) is 5.65 Å². The van der Waals surface area contributed by atoms with Gasteiger partial charge in [-0.1, -0.05) is 27.3 Å². The zero-order valence-electron chi connectivity index (χ0n) is 21.6. The highest BCUT2D eigenvalue weighted by Gasteiger charge is 2.36. The van der Waals surface area contributed by atoms with Gasteiger partial charge < -0.3 is 33.7 Å². The number of piperidine rings is 1. The van der Waals surface area contributed by atoms with E-state index in [0.717, 1.165) is 5.69 Å². The maximum atomic E-state index is 14.1. The molecule has 2 atom stereocenters. The summed E-state index contributed by atoms with van der Waals surface area (Å²) in [6.07, 6.45) is 2.54. The smallest absolute Gasteiger partial charge is 0.274 e. The van der Waals surface area contributed by atoms with E-state index in [1.54, 1.807) is 7.11 Å². The molecule has 4 rings (SSSR count). The Bertz CT molecular complexity index is 1020. The molecule has 0 saturated carbocycles. The molecule has 4 heterocycles. The van der Waals surface area contributed by atoms with Gasteiger partial charge in [0, 0.05) is 52.1 Å². The number of pyridine rings is 1. The van der Waals surface area contributed by atoms with Crippen molar-refractivity contribution < 1.29 is 23.8 Å².